The number of halogens is 3. The summed E-state index contributed by atoms with van der Waals surface area (Å²) in [5.74, 6) is 1.61. The molecule has 0 aliphatic rings. The van der Waals surface area contributed by atoms with Crippen molar-refractivity contribution in [3.8, 4) is 17.2 Å². The van der Waals surface area contributed by atoms with Gasteiger partial charge in [-0.1, -0.05) is 47.1 Å². The fraction of sp³-hybridized carbons (Fsp3) is 0.286. The summed E-state index contributed by atoms with van der Waals surface area (Å²) in [6, 6.07) is 14.9. The van der Waals surface area contributed by atoms with Crippen molar-refractivity contribution in [1.82, 2.24) is 14.8 Å². The molecule has 0 fully saturated rings. The van der Waals surface area contributed by atoms with E-state index in [1.54, 1.807) is 24.3 Å². The van der Waals surface area contributed by atoms with E-state index < -0.39 is 5.25 Å². The minimum absolute atomic E-state index is 0.180. The zero-order valence-electron chi connectivity index (χ0n) is 22.3. The Hall–Kier alpha value is -2.79. The van der Waals surface area contributed by atoms with E-state index in [-0.39, 0.29) is 18.1 Å². The van der Waals surface area contributed by atoms with Crippen molar-refractivity contribution in [1.29, 1.82) is 0 Å². The minimum Gasteiger partial charge on any atom is -0.490 e. The number of nitrogens with zero attached hydrogens (tertiary/aromatic N) is 4. The summed E-state index contributed by atoms with van der Waals surface area (Å²) in [5.41, 5.74) is 4.63. The highest BCUT2D eigenvalue weighted by Crippen LogP contribution is 2.43. The summed E-state index contributed by atoms with van der Waals surface area (Å²) in [7, 11) is 0. The third kappa shape index (κ3) is 7.09. The number of ether oxygens (including phenoxy) is 2. The molecule has 8 nitrogen and oxygen atoms in total. The van der Waals surface area contributed by atoms with Crippen LogP contribution in [0.2, 0.25) is 10.0 Å². The molecule has 210 valence electrons. The van der Waals surface area contributed by atoms with Gasteiger partial charge in [-0.15, -0.1) is 10.2 Å². The van der Waals surface area contributed by atoms with Crippen LogP contribution in [0.25, 0.3) is 5.69 Å². The zero-order valence-corrected chi connectivity index (χ0v) is 26.2. The molecule has 0 saturated carbocycles. The van der Waals surface area contributed by atoms with Gasteiger partial charge in [0.2, 0.25) is 6.54 Å². The van der Waals surface area contributed by atoms with E-state index in [0.29, 0.717) is 49.2 Å². The van der Waals surface area contributed by atoms with Crippen LogP contribution < -0.4 is 9.47 Å². The second-order valence-electron chi connectivity index (χ2n) is 9.04. The molecule has 1 heterocycles. The first-order chi connectivity index (χ1) is 19.1. The third-order valence-electron chi connectivity index (χ3n) is 6.20. The van der Waals surface area contributed by atoms with Crippen LogP contribution in [0.3, 0.4) is 0 Å². The topological polar surface area (TPSA) is 92.3 Å². The lowest BCUT2D eigenvalue weighted by Gasteiger charge is -2.19. The molecule has 4 aromatic rings. The molecule has 4 rings (SSSR count). The van der Waals surface area contributed by atoms with Gasteiger partial charge in [-0.05, 0) is 96.7 Å². The number of hydrogen-bond acceptors (Lipinski definition) is 7. The number of hydrogen-bond donors (Lipinski definition) is 0. The van der Waals surface area contributed by atoms with Gasteiger partial charge in [0.15, 0.2) is 16.7 Å². The van der Waals surface area contributed by atoms with E-state index in [9.17, 15) is 10.1 Å². The Morgan fingerprint density at radius 3 is 2.50 bits per heavy atom. The molecule has 1 aromatic heterocycles. The average molecular weight is 666 g/mol. The zero-order chi connectivity index (χ0) is 29.0. The third-order valence-corrected chi connectivity index (χ3v) is 8.55. The fourth-order valence-electron chi connectivity index (χ4n) is 4.02. The number of rotatable bonds is 11. The Kier molecular flexibility index (Phi) is 9.99. The van der Waals surface area contributed by atoms with Crippen LogP contribution >= 0.6 is 50.9 Å². The summed E-state index contributed by atoms with van der Waals surface area (Å²) in [4.78, 5) is 11.4. The van der Waals surface area contributed by atoms with Crippen LogP contribution in [-0.2, 0) is 6.61 Å². The second kappa shape index (κ2) is 13.2. The fourth-order valence-corrected chi connectivity index (χ4v) is 6.21. The van der Waals surface area contributed by atoms with Crippen LogP contribution in [0.1, 0.15) is 40.3 Å². The van der Waals surface area contributed by atoms with E-state index in [1.807, 2.05) is 50.5 Å². The van der Waals surface area contributed by atoms with Crippen LogP contribution in [0.5, 0.6) is 11.5 Å². The van der Waals surface area contributed by atoms with Crippen molar-refractivity contribution in [2.24, 2.45) is 0 Å². The maximum atomic E-state index is 11.8. The number of thioether (sulfide) groups is 1. The number of benzene rings is 3. The lowest BCUT2D eigenvalue weighted by atomic mass is 10.1. The van der Waals surface area contributed by atoms with Gasteiger partial charge in [0.05, 0.1) is 11.1 Å². The minimum atomic E-state index is -0.584. The van der Waals surface area contributed by atoms with Gasteiger partial charge < -0.3 is 9.47 Å². The molecule has 0 spiro atoms. The predicted molar refractivity (Wildman–Crippen MR) is 162 cm³/mol. The normalized spacial score (nSPS) is 11.9. The van der Waals surface area contributed by atoms with Crippen molar-refractivity contribution in [3.05, 3.63) is 101 Å². The molecule has 0 aliphatic heterocycles. The summed E-state index contributed by atoms with van der Waals surface area (Å²) < 4.78 is 14.5. The molecule has 0 saturated heterocycles. The maximum Gasteiger partial charge on any atom is 0.220 e. The van der Waals surface area contributed by atoms with E-state index in [2.05, 4.69) is 32.2 Å². The van der Waals surface area contributed by atoms with Crippen molar-refractivity contribution in [2.75, 3.05) is 13.2 Å². The molecule has 0 N–H and O–H groups in total. The molecule has 0 radical (unpaired) electrons. The van der Waals surface area contributed by atoms with Crippen molar-refractivity contribution in [3.63, 3.8) is 0 Å². The van der Waals surface area contributed by atoms with Crippen LogP contribution in [0, 0.1) is 30.9 Å². The summed E-state index contributed by atoms with van der Waals surface area (Å²) in [5, 5.41) is 21.4. The average Bonchev–Trinajstić information content (AvgIpc) is 3.25. The lowest BCUT2D eigenvalue weighted by Crippen LogP contribution is -2.12. The van der Waals surface area contributed by atoms with Crippen molar-refractivity contribution in [2.45, 2.75) is 44.7 Å². The summed E-state index contributed by atoms with van der Waals surface area (Å²) >= 11 is 17.2. The van der Waals surface area contributed by atoms with Gasteiger partial charge in [-0.25, -0.2) is 0 Å². The maximum absolute atomic E-state index is 11.8. The molecule has 0 amide bonds. The SMILES string of the molecule is CCOc1cc([C@@H](C[N+](=O)[O-])Sc2nnc(C)n2-c2ccc(C)c(C)c2)cc(Br)c1OCc1ccc(Cl)cc1Cl. The summed E-state index contributed by atoms with van der Waals surface area (Å²) in [6.07, 6.45) is 0. The molecule has 0 aliphatic carbocycles. The van der Waals surface area contributed by atoms with Gasteiger partial charge in [-0.2, -0.15) is 0 Å². The predicted octanol–water partition coefficient (Wildman–Crippen LogP) is 8.35. The largest absolute Gasteiger partial charge is 0.490 e. The highest BCUT2D eigenvalue weighted by Gasteiger charge is 2.26. The molecule has 3 aromatic carbocycles. The molecule has 1 atom stereocenters. The van der Waals surface area contributed by atoms with E-state index >= 15 is 0 Å². The molecule has 12 heteroatoms. The van der Waals surface area contributed by atoms with E-state index in [1.165, 1.54) is 17.3 Å². The highest BCUT2D eigenvalue weighted by molar-refractivity contribution is 9.10. The Labute approximate surface area is 255 Å². The Morgan fingerprint density at radius 1 is 1.05 bits per heavy atom. The van der Waals surface area contributed by atoms with Crippen molar-refractivity contribution >= 4 is 50.9 Å². The molecule has 40 heavy (non-hydrogen) atoms. The van der Waals surface area contributed by atoms with Gasteiger partial charge >= 0.3 is 0 Å². The first-order valence-electron chi connectivity index (χ1n) is 12.4. The number of nitro groups is 1. The van der Waals surface area contributed by atoms with E-state index in [0.717, 1.165) is 16.8 Å². The molecule has 0 bridgehead atoms. The van der Waals surface area contributed by atoms with Crippen molar-refractivity contribution < 1.29 is 14.4 Å². The monoisotopic (exact) mass is 664 g/mol. The van der Waals surface area contributed by atoms with Crippen LogP contribution in [0.4, 0.5) is 0 Å². The first-order valence-corrected chi connectivity index (χ1v) is 14.8. The Morgan fingerprint density at radius 2 is 1.82 bits per heavy atom. The van der Waals surface area contributed by atoms with Gasteiger partial charge in [0, 0.05) is 26.2 Å². The second-order valence-corrected chi connectivity index (χ2v) is 11.9. The van der Waals surface area contributed by atoms with Gasteiger partial charge in [0.1, 0.15) is 17.7 Å². The van der Waals surface area contributed by atoms with Crippen LogP contribution in [-0.4, -0.2) is 32.8 Å². The van der Waals surface area contributed by atoms with E-state index in [4.69, 9.17) is 32.7 Å². The quantitative estimate of drug-likeness (QED) is 0.0903. The standard InChI is InChI=1S/C28H27BrCl2N4O4S/c1-5-38-25-12-20(11-23(29)27(25)39-15-19-7-8-21(30)13-24(19)31)26(14-34(36)37)40-28-33-32-18(4)35(28)22-9-6-16(2)17(3)10-22/h6-13,26H,5,14-15H2,1-4H3/t26-/m1/s1. The highest BCUT2D eigenvalue weighted by atomic mass is 79.9. The lowest BCUT2D eigenvalue weighted by molar-refractivity contribution is -0.479. The van der Waals surface area contributed by atoms with Crippen LogP contribution in [0.15, 0.2) is 58.2 Å². The molecular weight excluding hydrogens is 639 g/mol. The molecular formula is C28H27BrCl2N4O4S. The Balaban J connectivity index is 1.68. The number of aryl methyl sites for hydroxylation is 3. The number of aromatic nitrogens is 3. The molecule has 0 unspecified atom stereocenters. The Bertz CT molecular complexity index is 1550. The van der Waals surface area contributed by atoms with Gasteiger partial charge in [0.25, 0.3) is 0 Å². The van der Waals surface area contributed by atoms with Gasteiger partial charge in [-0.3, -0.25) is 14.7 Å². The first kappa shape index (κ1) is 30.2. The summed E-state index contributed by atoms with van der Waals surface area (Å²) in [6.45, 7) is 8.03. The smallest absolute Gasteiger partial charge is 0.220 e.